The van der Waals surface area contributed by atoms with Crippen molar-refractivity contribution in [2.75, 3.05) is 5.32 Å². The Kier molecular flexibility index (Phi) is 4.78. The van der Waals surface area contributed by atoms with Crippen LogP contribution in [0, 0.1) is 12.3 Å². The molecule has 5 nitrogen and oxygen atoms in total. The van der Waals surface area contributed by atoms with Crippen molar-refractivity contribution >= 4 is 45.0 Å². The molecule has 1 aliphatic rings. The predicted octanol–water partition coefficient (Wildman–Crippen LogP) is 3.66. The van der Waals surface area contributed by atoms with E-state index in [1.165, 1.54) is 0 Å². The van der Waals surface area contributed by atoms with E-state index in [1.807, 2.05) is 13.0 Å². The molecular weight excluding hydrogens is 358 g/mol. The Balaban J connectivity index is 2.30. The van der Waals surface area contributed by atoms with Gasteiger partial charge in [0.15, 0.2) is 5.84 Å². The maximum Gasteiger partial charge on any atom is 0.238 e. The highest BCUT2D eigenvalue weighted by Crippen LogP contribution is 2.40. The SMILES string of the molecule is Cc1cc(Br)c(NC(=O)C2(/C(N)=N/O)CCCC2)cc1Cl. The Morgan fingerprint density at radius 2 is 2.10 bits per heavy atom. The minimum absolute atomic E-state index is 0.0353. The molecule has 2 rings (SSSR count). The summed E-state index contributed by atoms with van der Waals surface area (Å²) in [7, 11) is 0. The number of anilines is 1. The van der Waals surface area contributed by atoms with Crippen LogP contribution < -0.4 is 11.1 Å². The van der Waals surface area contributed by atoms with Crippen molar-refractivity contribution in [3.05, 3.63) is 27.2 Å². The molecule has 0 saturated heterocycles. The maximum absolute atomic E-state index is 12.6. The van der Waals surface area contributed by atoms with Gasteiger partial charge in [-0.15, -0.1) is 0 Å². The number of oxime groups is 1. The van der Waals surface area contributed by atoms with Gasteiger partial charge in [-0.05, 0) is 53.4 Å². The van der Waals surface area contributed by atoms with E-state index in [4.69, 9.17) is 22.5 Å². The number of rotatable bonds is 3. The third-order valence-corrected chi connectivity index (χ3v) is 5.05. The van der Waals surface area contributed by atoms with Crippen LogP contribution in [0.1, 0.15) is 31.2 Å². The zero-order valence-corrected chi connectivity index (χ0v) is 14.0. The van der Waals surface area contributed by atoms with Gasteiger partial charge in [-0.1, -0.05) is 29.6 Å². The fraction of sp³-hybridized carbons (Fsp3) is 0.429. The third-order valence-electron chi connectivity index (χ3n) is 3.99. The van der Waals surface area contributed by atoms with E-state index in [-0.39, 0.29) is 11.7 Å². The third kappa shape index (κ3) is 3.01. The molecule has 0 aromatic heterocycles. The van der Waals surface area contributed by atoms with Crippen molar-refractivity contribution in [3.8, 4) is 0 Å². The summed E-state index contributed by atoms with van der Waals surface area (Å²) in [4.78, 5) is 12.6. The minimum Gasteiger partial charge on any atom is -0.409 e. The first-order valence-electron chi connectivity index (χ1n) is 6.66. The van der Waals surface area contributed by atoms with Gasteiger partial charge in [-0.2, -0.15) is 0 Å². The van der Waals surface area contributed by atoms with Gasteiger partial charge in [0, 0.05) is 9.50 Å². The number of hydrogen-bond donors (Lipinski definition) is 3. The highest BCUT2D eigenvalue weighted by atomic mass is 79.9. The summed E-state index contributed by atoms with van der Waals surface area (Å²) in [6.07, 6.45) is 2.90. The van der Waals surface area contributed by atoms with Gasteiger partial charge in [-0.25, -0.2) is 0 Å². The van der Waals surface area contributed by atoms with E-state index in [9.17, 15) is 4.79 Å². The van der Waals surface area contributed by atoms with Crippen molar-refractivity contribution < 1.29 is 10.0 Å². The molecule has 1 amide bonds. The van der Waals surface area contributed by atoms with Gasteiger partial charge >= 0.3 is 0 Å². The second-order valence-electron chi connectivity index (χ2n) is 5.31. The molecule has 0 bridgehead atoms. The largest absolute Gasteiger partial charge is 0.409 e. The van der Waals surface area contributed by atoms with E-state index < -0.39 is 5.41 Å². The van der Waals surface area contributed by atoms with Crippen LogP contribution in [0.15, 0.2) is 21.8 Å². The van der Waals surface area contributed by atoms with Crippen molar-refractivity contribution in [2.45, 2.75) is 32.6 Å². The normalized spacial score (nSPS) is 17.8. The fourth-order valence-corrected chi connectivity index (χ4v) is 3.38. The molecule has 1 aromatic carbocycles. The second-order valence-corrected chi connectivity index (χ2v) is 6.57. The Hall–Kier alpha value is -1.27. The first-order valence-corrected chi connectivity index (χ1v) is 7.83. The number of nitrogens with one attached hydrogen (secondary N) is 1. The van der Waals surface area contributed by atoms with E-state index in [0.717, 1.165) is 22.9 Å². The zero-order chi connectivity index (χ0) is 15.6. The van der Waals surface area contributed by atoms with Crippen LogP contribution in [-0.4, -0.2) is 17.0 Å². The molecule has 114 valence electrons. The number of amides is 1. The van der Waals surface area contributed by atoms with Crippen molar-refractivity contribution in [3.63, 3.8) is 0 Å². The minimum atomic E-state index is -0.939. The number of halogens is 2. The molecule has 1 saturated carbocycles. The Bertz CT molecular complexity index is 598. The lowest BCUT2D eigenvalue weighted by Gasteiger charge is -2.26. The van der Waals surface area contributed by atoms with Crippen LogP contribution in [0.3, 0.4) is 0 Å². The van der Waals surface area contributed by atoms with E-state index in [0.29, 0.717) is 23.6 Å². The van der Waals surface area contributed by atoms with Crippen LogP contribution >= 0.6 is 27.5 Å². The molecule has 7 heteroatoms. The molecule has 0 unspecified atom stereocenters. The molecule has 1 aromatic rings. The van der Waals surface area contributed by atoms with Gasteiger partial charge in [0.25, 0.3) is 0 Å². The average Bonchev–Trinajstić information content (AvgIpc) is 2.94. The van der Waals surface area contributed by atoms with Gasteiger partial charge in [-0.3, -0.25) is 4.79 Å². The standard InChI is InChI=1S/C14H17BrClN3O2/c1-8-6-9(15)11(7-10(8)16)18-13(20)14(12(17)19-21)4-2-3-5-14/h6-7,21H,2-5H2,1H3,(H2,17,19)(H,18,20). The number of amidine groups is 1. The number of nitrogens with zero attached hydrogens (tertiary/aromatic N) is 1. The lowest BCUT2D eigenvalue weighted by atomic mass is 9.83. The lowest BCUT2D eigenvalue weighted by molar-refractivity contribution is -0.122. The van der Waals surface area contributed by atoms with Crippen molar-refractivity contribution in [2.24, 2.45) is 16.3 Å². The Morgan fingerprint density at radius 1 is 1.48 bits per heavy atom. The molecule has 1 aliphatic carbocycles. The molecule has 1 fully saturated rings. The number of carbonyl (C=O) groups is 1. The summed E-state index contributed by atoms with van der Waals surface area (Å²) in [5.74, 6) is -0.303. The number of carbonyl (C=O) groups excluding carboxylic acids is 1. The monoisotopic (exact) mass is 373 g/mol. The first-order chi connectivity index (χ1) is 9.90. The van der Waals surface area contributed by atoms with Crippen LogP contribution in [0.2, 0.25) is 5.02 Å². The van der Waals surface area contributed by atoms with E-state index in [1.54, 1.807) is 6.07 Å². The number of hydrogen-bond acceptors (Lipinski definition) is 3. The maximum atomic E-state index is 12.6. The topological polar surface area (TPSA) is 87.7 Å². The van der Waals surface area contributed by atoms with Gasteiger partial charge in [0.1, 0.15) is 5.41 Å². The Morgan fingerprint density at radius 3 is 2.67 bits per heavy atom. The summed E-state index contributed by atoms with van der Waals surface area (Å²) in [5, 5.41) is 15.4. The molecular formula is C14H17BrClN3O2. The predicted molar refractivity (Wildman–Crippen MR) is 86.8 cm³/mol. The fourth-order valence-electron chi connectivity index (χ4n) is 2.66. The van der Waals surface area contributed by atoms with Crippen LogP contribution in [0.25, 0.3) is 0 Å². The molecule has 0 spiro atoms. The average molecular weight is 375 g/mol. The summed E-state index contributed by atoms with van der Waals surface area (Å²) >= 11 is 9.50. The van der Waals surface area contributed by atoms with Gasteiger partial charge < -0.3 is 16.3 Å². The molecule has 21 heavy (non-hydrogen) atoms. The molecule has 0 aliphatic heterocycles. The van der Waals surface area contributed by atoms with Crippen LogP contribution in [0.4, 0.5) is 5.69 Å². The van der Waals surface area contributed by atoms with Crippen LogP contribution in [0.5, 0.6) is 0 Å². The summed E-state index contributed by atoms with van der Waals surface area (Å²) in [6.45, 7) is 1.88. The smallest absolute Gasteiger partial charge is 0.238 e. The van der Waals surface area contributed by atoms with E-state index in [2.05, 4.69) is 26.4 Å². The van der Waals surface area contributed by atoms with Crippen molar-refractivity contribution in [1.82, 2.24) is 0 Å². The molecule has 0 radical (unpaired) electrons. The summed E-state index contributed by atoms with van der Waals surface area (Å²) < 4.78 is 0.741. The second kappa shape index (κ2) is 6.23. The highest BCUT2D eigenvalue weighted by molar-refractivity contribution is 9.10. The summed E-state index contributed by atoms with van der Waals surface area (Å²) in [6, 6.07) is 3.52. The summed E-state index contributed by atoms with van der Waals surface area (Å²) in [5.41, 5.74) is 6.31. The number of nitrogens with two attached hydrogens (primary N) is 1. The molecule has 0 atom stereocenters. The van der Waals surface area contributed by atoms with Crippen molar-refractivity contribution in [1.29, 1.82) is 0 Å². The highest BCUT2D eigenvalue weighted by Gasteiger charge is 2.45. The number of benzene rings is 1. The first kappa shape index (κ1) is 16.1. The van der Waals surface area contributed by atoms with E-state index >= 15 is 0 Å². The van der Waals surface area contributed by atoms with Gasteiger partial charge in [0.2, 0.25) is 5.91 Å². The Labute approximate surface area is 136 Å². The molecule has 0 heterocycles. The molecule has 4 N–H and O–H groups in total. The quantitative estimate of drug-likeness (QED) is 0.326. The lowest BCUT2D eigenvalue weighted by Crippen LogP contribution is -2.45. The number of aryl methyl sites for hydroxylation is 1. The van der Waals surface area contributed by atoms with Gasteiger partial charge in [0.05, 0.1) is 5.69 Å². The van der Waals surface area contributed by atoms with Crippen LogP contribution in [-0.2, 0) is 4.79 Å². The zero-order valence-electron chi connectivity index (χ0n) is 11.6.